The summed E-state index contributed by atoms with van der Waals surface area (Å²) >= 11 is 0. The maximum absolute atomic E-state index is 11.6. The topological polar surface area (TPSA) is 54.9 Å². The highest BCUT2D eigenvalue weighted by atomic mass is 35.5. The van der Waals surface area contributed by atoms with E-state index in [0.29, 0.717) is 6.54 Å². The summed E-state index contributed by atoms with van der Waals surface area (Å²) in [5, 5.41) is 3.69. The number of halogens is 2. The molecule has 0 saturated heterocycles. The van der Waals surface area contributed by atoms with Crippen LogP contribution in [0.1, 0.15) is 24.0 Å². The van der Waals surface area contributed by atoms with Crippen molar-refractivity contribution in [3.8, 4) is 0 Å². The first kappa shape index (κ1) is 16.6. The van der Waals surface area contributed by atoms with E-state index in [1.807, 2.05) is 31.2 Å². The number of rotatable bonds is 3. The molecule has 0 saturated carbocycles. The molecule has 98 valence electrons. The van der Waals surface area contributed by atoms with Crippen LogP contribution in [0.15, 0.2) is 30.5 Å². The van der Waals surface area contributed by atoms with Gasteiger partial charge in [-0.1, -0.05) is 25.1 Å². The van der Waals surface area contributed by atoms with E-state index in [1.54, 1.807) is 6.20 Å². The highest BCUT2D eigenvalue weighted by Gasteiger charge is 2.08. The lowest BCUT2D eigenvalue weighted by atomic mass is 10.2. The van der Waals surface area contributed by atoms with Crippen molar-refractivity contribution in [2.75, 3.05) is 6.54 Å². The SMILES string of the molecule is CCCNC(=O)c1ncc2ccccc2n1.Cl.Cl. The Labute approximate surface area is 118 Å². The number of carbonyl (C=O) groups excluding carboxylic acids is 1. The van der Waals surface area contributed by atoms with Crippen LogP contribution in [0.4, 0.5) is 0 Å². The zero-order valence-corrected chi connectivity index (χ0v) is 11.6. The predicted molar refractivity (Wildman–Crippen MR) is 76.7 cm³/mol. The van der Waals surface area contributed by atoms with E-state index in [0.717, 1.165) is 17.3 Å². The summed E-state index contributed by atoms with van der Waals surface area (Å²) in [6, 6.07) is 7.60. The summed E-state index contributed by atoms with van der Waals surface area (Å²) in [5.74, 6) is 0.0137. The Morgan fingerprint density at radius 1 is 1.28 bits per heavy atom. The van der Waals surface area contributed by atoms with Gasteiger partial charge in [-0.2, -0.15) is 0 Å². The van der Waals surface area contributed by atoms with Gasteiger partial charge in [-0.15, -0.1) is 24.8 Å². The van der Waals surface area contributed by atoms with Gasteiger partial charge in [0, 0.05) is 18.1 Å². The number of carbonyl (C=O) groups is 1. The molecule has 0 atom stereocenters. The van der Waals surface area contributed by atoms with Crippen molar-refractivity contribution in [2.24, 2.45) is 0 Å². The van der Waals surface area contributed by atoms with Crippen LogP contribution in [-0.2, 0) is 0 Å². The molecule has 2 aromatic rings. The molecule has 0 aliphatic carbocycles. The minimum atomic E-state index is -0.215. The Hall–Kier alpha value is -1.39. The van der Waals surface area contributed by atoms with Crippen LogP contribution < -0.4 is 5.32 Å². The molecule has 0 aliphatic heterocycles. The van der Waals surface area contributed by atoms with Crippen molar-refractivity contribution in [3.63, 3.8) is 0 Å². The third-order valence-electron chi connectivity index (χ3n) is 2.23. The van der Waals surface area contributed by atoms with Crippen molar-refractivity contribution in [3.05, 3.63) is 36.3 Å². The Kier molecular flexibility index (Phi) is 7.24. The third-order valence-corrected chi connectivity index (χ3v) is 2.23. The molecule has 4 nitrogen and oxygen atoms in total. The number of nitrogens with zero attached hydrogens (tertiary/aromatic N) is 2. The second-order valence-electron chi connectivity index (χ2n) is 3.51. The molecule has 0 radical (unpaired) electrons. The number of amides is 1. The first-order chi connectivity index (χ1) is 7.81. The van der Waals surface area contributed by atoms with E-state index < -0.39 is 0 Å². The summed E-state index contributed by atoms with van der Waals surface area (Å²) in [7, 11) is 0. The molecule has 18 heavy (non-hydrogen) atoms. The monoisotopic (exact) mass is 287 g/mol. The number of fused-ring (bicyclic) bond motifs is 1. The van der Waals surface area contributed by atoms with Gasteiger partial charge in [-0.3, -0.25) is 4.79 Å². The second kappa shape index (κ2) is 7.84. The molecule has 2 rings (SSSR count). The first-order valence-electron chi connectivity index (χ1n) is 5.31. The molecule has 1 aromatic carbocycles. The molecule has 1 amide bonds. The molecule has 6 heteroatoms. The van der Waals surface area contributed by atoms with Crippen LogP contribution in [0.5, 0.6) is 0 Å². The predicted octanol–water partition coefficient (Wildman–Crippen LogP) is 2.61. The Balaban J connectivity index is 0.00000144. The van der Waals surface area contributed by atoms with Gasteiger partial charge < -0.3 is 5.32 Å². The zero-order valence-electron chi connectivity index (χ0n) is 9.92. The van der Waals surface area contributed by atoms with Gasteiger partial charge in [0.05, 0.1) is 5.52 Å². The normalized spacial score (nSPS) is 9.17. The largest absolute Gasteiger partial charge is 0.349 e. The average Bonchev–Trinajstić information content (AvgIpc) is 2.35. The van der Waals surface area contributed by atoms with Gasteiger partial charge in [-0.25, -0.2) is 9.97 Å². The number of hydrogen-bond acceptors (Lipinski definition) is 3. The van der Waals surface area contributed by atoms with E-state index in [-0.39, 0.29) is 36.5 Å². The Morgan fingerprint density at radius 2 is 2.00 bits per heavy atom. The summed E-state index contributed by atoms with van der Waals surface area (Å²) in [6.07, 6.45) is 2.57. The quantitative estimate of drug-likeness (QED) is 0.944. The van der Waals surface area contributed by atoms with Gasteiger partial charge in [-0.05, 0) is 12.5 Å². The van der Waals surface area contributed by atoms with E-state index in [2.05, 4.69) is 15.3 Å². The van der Waals surface area contributed by atoms with Crippen LogP contribution in [-0.4, -0.2) is 22.4 Å². The van der Waals surface area contributed by atoms with Crippen LogP contribution in [0.25, 0.3) is 10.9 Å². The lowest BCUT2D eigenvalue weighted by Crippen LogP contribution is -2.25. The fourth-order valence-corrected chi connectivity index (χ4v) is 1.40. The fraction of sp³-hybridized carbons (Fsp3) is 0.250. The standard InChI is InChI=1S/C12H13N3O.2ClH/c1-2-7-13-12(16)11-14-8-9-5-3-4-6-10(9)15-11;;/h3-6,8H,2,7H2,1H3,(H,13,16);2*1H. The molecule has 1 heterocycles. The molecular weight excluding hydrogens is 273 g/mol. The van der Waals surface area contributed by atoms with Gasteiger partial charge in [0.2, 0.25) is 5.82 Å². The molecule has 0 spiro atoms. The van der Waals surface area contributed by atoms with Crippen LogP contribution >= 0.6 is 24.8 Å². The zero-order chi connectivity index (χ0) is 11.4. The van der Waals surface area contributed by atoms with Crippen molar-refractivity contribution in [1.29, 1.82) is 0 Å². The van der Waals surface area contributed by atoms with E-state index in [9.17, 15) is 4.79 Å². The summed E-state index contributed by atoms with van der Waals surface area (Å²) in [5.41, 5.74) is 0.791. The summed E-state index contributed by atoms with van der Waals surface area (Å²) < 4.78 is 0. The summed E-state index contributed by atoms with van der Waals surface area (Å²) in [4.78, 5) is 19.9. The number of hydrogen-bond donors (Lipinski definition) is 1. The van der Waals surface area contributed by atoms with Gasteiger partial charge in [0.25, 0.3) is 5.91 Å². The van der Waals surface area contributed by atoms with E-state index in [1.165, 1.54) is 0 Å². The molecule has 0 fully saturated rings. The maximum Gasteiger partial charge on any atom is 0.289 e. The lowest BCUT2D eigenvalue weighted by molar-refractivity contribution is 0.0943. The number of para-hydroxylation sites is 1. The molecule has 1 aromatic heterocycles. The van der Waals surface area contributed by atoms with Crippen LogP contribution in [0.3, 0.4) is 0 Å². The maximum atomic E-state index is 11.6. The fourth-order valence-electron chi connectivity index (χ4n) is 1.40. The second-order valence-corrected chi connectivity index (χ2v) is 3.51. The average molecular weight is 288 g/mol. The third kappa shape index (κ3) is 3.82. The van der Waals surface area contributed by atoms with Gasteiger partial charge in [0.15, 0.2) is 0 Å². The minimum absolute atomic E-state index is 0. The minimum Gasteiger partial charge on any atom is -0.349 e. The molecule has 0 bridgehead atoms. The van der Waals surface area contributed by atoms with Gasteiger partial charge in [0.1, 0.15) is 0 Å². The van der Waals surface area contributed by atoms with E-state index >= 15 is 0 Å². The van der Waals surface area contributed by atoms with Gasteiger partial charge >= 0.3 is 0 Å². The Morgan fingerprint density at radius 3 is 2.72 bits per heavy atom. The smallest absolute Gasteiger partial charge is 0.289 e. The van der Waals surface area contributed by atoms with E-state index in [4.69, 9.17) is 0 Å². The molecule has 0 unspecified atom stereocenters. The highest BCUT2D eigenvalue weighted by Crippen LogP contribution is 2.09. The van der Waals surface area contributed by atoms with Crippen molar-refractivity contribution in [2.45, 2.75) is 13.3 Å². The van der Waals surface area contributed by atoms with Crippen LogP contribution in [0.2, 0.25) is 0 Å². The molecule has 1 N–H and O–H groups in total. The lowest BCUT2D eigenvalue weighted by Gasteiger charge is -2.02. The van der Waals surface area contributed by atoms with Crippen LogP contribution in [0, 0.1) is 0 Å². The Bertz CT molecular complexity index is 519. The molecular formula is C12H15Cl2N3O. The molecule has 0 aliphatic rings. The summed E-state index contributed by atoms with van der Waals surface area (Å²) in [6.45, 7) is 2.65. The number of aromatic nitrogens is 2. The van der Waals surface area contributed by atoms with Crippen molar-refractivity contribution in [1.82, 2.24) is 15.3 Å². The first-order valence-corrected chi connectivity index (χ1v) is 5.31. The highest BCUT2D eigenvalue weighted by molar-refractivity contribution is 5.92. The van der Waals surface area contributed by atoms with Crippen molar-refractivity contribution >= 4 is 41.6 Å². The number of nitrogens with one attached hydrogen (secondary N) is 1. The van der Waals surface area contributed by atoms with Crippen molar-refractivity contribution < 1.29 is 4.79 Å². The number of benzene rings is 1.